The molecule has 190 valence electrons. The fraction of sp³-hybridized carbons (Fsp3) is 0.208. The van der Waals surface area contributed by atoms with Crippen LogP contribution in [-0.4, -0.2) is 43.2 Å². The summed E-state index contributed by atoms with van der Waals surface area (Å²) >= 11 is 12.2. The number of halogens is 6. The number of amides is 2. The Bertz CT molecular complexity index is 1280. The largest absolute Gasteiger partial charge is 0.480 e. The Balaban J connectivity index is 2.08. The molecule has 0 aliphatic heterocycles. The predicted molar refractivity (Wildman–Crippen MR) is 128 cm³/mol. The number of ether oxygens (including phenoxy) is 1. The molecule has 0 spiro atoms. The van der Waals surface area contributed by atoms with Crippen LogP contribution < -0.4 is 15.0 Å². The summed E-state index contributed by atoms with van der Waals surface area (Å²) in [7, 11) is 1.19. The van der Waals surface area contributed by atoms with Gasteiger partial charge >= 0.3 is 6.18 Å². The highest BCUT2D eigenvalue weighted by Gasteiger charge is 2.31. The van der Waals surface area contributed by atoms with Gasteiger partial charge in [-0.2, -0.15) is 13.2 Å². The number of hydrogen-bond acceptors (Lipinski definition) is 4. The molecule has 0 unspecified atom stereocenters. The summed E-state index contributed by atoms with van der Waals surface area (Å²) in [6.45, 7) is 0.448. The van der Waals surface area contributed by atoms with Crippen molar-refractivity contribution >= 4 is 40.8 Å². The summed E-state index contributed by atoms with van der Waals surface area (Å²) in [6.07, 6.45) is -3.45. The van der Waals surface area contributed by atoms with Crippen LogP contribution in [0.5, 0.6) is 5.75 Å². The number of rotatable bonds is 7. The maximum absolute atomic E-state index is 14.3. The molecule has 2 aromatic carbocycles. The second kappa shape index (κ2) is 11.1. The molecule has 6 nitrogen and oxygen atoms in total. The van der Waals surface area contributed by atoms with Gasteiger partial charge in [-0.15, -0.1) is 0 Å². The zero-order valence-corrected chi connectivity index (χ0v) is 20.4. The van der Waals surface area contributed by atoms with E-state index in [0.717, 1.165) is 11.0 Å². The van der Waals surface area contributed by atoms with Gasteiger partial charge in [0, 0.05) is 41.5 Å². The molecule has 1 N–H and O–H groups in total. The van der Waals surface area contributed by atoms with Crippen LogP contribution >= 0.6 is 23.2 Å². The number of pyridine rings is 1. The lowest BCUT2D eigenvalue weighted by Gasteiger charge is -2.21. The number of aromatic nitrogens is 1. The van der Waals surface area contributed by atoms with Gasteiger partial charge in [-0.3, -0.25) is 14.5 Å². The topological polar surface area (TPSA) is 71.5 Å². The van der Waals surface area contributed by atoms with Crippen LogP contribution in [-0.2, 0) is 0 Å². The maximum atomic E-state index is 14.3. The Morgan fingerprint density at radius 3 is 2.47 bits per heavy atom. The number of anilines is 1. The lowest BCUT2D eigenvalue weighted by molar-refractivity contribution is -0.153. The van der Waals surface area contributed by atoms with Gasteiger partial charge in [-0.25, -0.2) is 9.37 Å². The van der Waals surface area contributed by atoms with Gasteiger partial charge in [-0.05, 0) is 43.3 Å². The van der Waals surface area contributed by atoms with Crippen LogP contribution in [0, 0.1) is 5.82 Å². The normalized spacial score (nSPS) is 11.2. The number of nitrogens with zero attached hydrogens (tertiary/aromatic N) is 2. The molecule has 1 aromatic heterocycles. The Morgan fingerprint density at radius 2 is 1.83 bits per heavy atom. The summed E-state index contributed by atoms with van der Waals surface area (Å²) in [5, 5.41) is 2.65. The molecule has 0 saturated carbocycles. The fourth-order valence-corrected chi connectivity index (χ4v) is 3.69. The zero-order valence-electron chi connectivity index (χ0n) is 18.9. The second-order valence-electron chi connectivity index (χ2n) is 7.46. The molecule has 2 amide bonds. The Kier molecular flexibility index (Phi) is 8.42. The molecule has 0 bridgehead atoms. The monoisotopic (exact) mass is 543 g/mol. The first-order valence-corrected chi connectivity index (χ1v) is 11.2. The zero-order chi connectivity index (χ0) is 26.6. The standard InChI is InChI=1S/C24H19Cl2F4N3O3/c1-3-31-22(34)13-7-8-16(25)15(9-13)14-10-19(36-12-24(28,29)30)21(32-11-14)33(2)23(35)20-17(26)5-4-6-18(20)27/h4-11H,3,12H2,1-2H3,(H,31,34). The van der Waals surface area contributed by atoms with Gasteiger partial charge in [0.2, 0.25) is 0 Å². The van der Waals surface area contributed by atoms with Crippen LogP contribution in [0.15, 0.2) is 48.7 Å². The lowest BCUT2D eigenvalue weighted by Crippen LogP contribution is -2.29. The van der Waals surface area contributed by atoms with E-state index in [1.807, 2.05) is 0 Å². The maximum Gasteiger partial charge on any atom is 0.422 e. The number of benzene rings is 2. The molecule has 3 aromatic rings. The van der Waals surface area contributed by atoms with Gasteiger partial charge in [0.15, 0.2) is 18.2 Å². The fourth-order valence-electron chi connectivity index (χ4n) is 3.22. The molecular weight excluding hydrogens is 525 g/mol. The quantitative estimate of drug-likeness (QED) is 0.362. The smallest absolute Gasteiger partial charge is 0.422 e. The van der Waals surface area contributed by atoms with Crippen LogP contribution in [0.25, 0.3) is 11.1 Å². The van der Waals surface area contributed by atoms with Gasteiger partial charge in [-0.1, -0.05) is 29.3 Å². The molecule has 0 atom stereocenters. The highest BCUT2D eigenvalue weighted by Crippen LogP contribution is 2.36. The van der Waals surface area contributed by atoms with Crippen molar-refractivity contribution in [3.8, 4) is 16.9 Å². The van der Waals surface area contributed by atoms with Crippen LogP contribution in [0.3, 0.4) is 0 Å². The van der Waals surface area contributed by atoms with E-state index in [9.17, 15) is 27.2 Å². The first-order valence-electron chi connectivity index (χ1n) is 10.4. The molecule has 12 heteroatoms. The average molecular weight is 544 g/mol. The minimum atomic E-state index is -4.69. The van der Waals surface area contributed by atoms with E-state index in [1.54, 1.807) is 6.92 Å². The first-order chi connectivity index (χ1) is 16.9. The summed E-state index contributed by atoms with van der Waals surface area (Å²) < 4.78 is 58.1. The highest BCUT2D eigenvalue weighted by molar-refractivity contribution is 6.34. The van der Waals surface area contributed by atoms with E-state index in [2.05, 4.69) is 10.3 Å². The Morgan fingerprint density at radius 1 is 1.11 bits per heavy atom. The van der Waals surface area contributed by atoms with Gasteiger partial charge in [0.25, 0.3) is 11.8 Å². The number of carbonyl (C=O) groups is 2. The van der Waals surface area contributed by atoms with Crippen molar-refractivity contribution in [2.75, 3.05) is 25.1 Å². The third-order valence-corrected chi connectivity index (χ3v) is 5.54. The van der Waals surface area contributed by atoms with Crippen molar-refractivity contribution < 1.29 is 31.9 Å². The summed E-state index contributed by atoms with van der Waals surface area (Å²) in [6, 6.07) is 9.22. The molecule has 0 saturated heterocycles. The molecule has 1 heterocycles. The molecule has 0 aliphatic carbocycles. The van der Waals surface area contributed by atoms with Crippen molar-refractivity contribution in [2.24, 2.45) is 0 Å². The van der Waals surface area contributed by atoms with E-state index >= 15 is 0 Å². The van der Waals surface area contributed by atoms with Crippen LogP contribution in [0.2, 0.25) is 10.0 Å². The number of alkyl halides is 3. The molecule has 3 rings (SSSR count). The van der Waals surface area contributed by atoms with Crippen molar-refractivity contribution in [3.05, 3.63) is 75.7 Å². The lowest BCUT2D eigenvalue weighted by atomic mass is 10.0. The molecule has 0 aliphatic rings. The minimum absolute atomic E-state index is 0.185. The van der Waals surface area contributed by atoms with E-state index < -0.39 is 35.8 Å². The molecule has 0 radical (unpaired) electrons. The second-order valence-corrected chi connectivity index (χ2v) is 8.28. The highest BCUT2D eigenvalue weighted by atomic mass is 35.5. The minimum Gasteiger partial charge on any atom is -0.480 e. The van der Waals surface area contributed by atoms with E-state index in [0.29, 0.717) is 12.1 Å². The van der Waals surface area contributed by atoms with E-state index in [4.69, 9.17) is 27.9 Å². The Labute approximate surface area is 213 Å². The SMILES string of the molecule is CCNC(=O)c1ccc(Cl)c(-c2cnc(N(C)C(=O)c3c(F)cccc3Cl)c(OCC(F)(F)F)c2)c1. The Hall–Kier alpha value is -3.37. The first kappa shape index (κ1) is 27.2. The summed E-state index contributed by atoms with van der Waals surface area (Å²) in [5.41, 5.74) is 0.297. The number of hydrogen-bond donors (Lipinski definition) is 1. The van der Waals surface area contributed by atoms with Crippen molar-refractivity contribution in [2.45, 2.75) is 13.1 Å². The summed E-state index contributed by atoms with van der Waals surface area (Å²) in [4.78, 5) is 30.1. The summed E-state index contributed by atoms with van der Waals surface area (Å²) in [5.74, 6) is -2.98. The third kappa shape index (κ3) is 6.24. The molecular formula is C24H19Cl2F4N3O3. The van der Waals surface area contributed by atoms with Crippen LogP contribution in [0.4, 0.5) is 23.4 Å². The van der Waals surface area contributed by atoms with Gasteiger partial charge in [0.05, 0.1) is 10.6 Å². The van der Waals surface area contributed by atoms with E-state index in [-0.39, 0.29) is 32.9 Å². The van der Waals surface area contributed by atoms with Gasteiger partial charge < -0.3 is 10.1 Å². The predicted octanol–water partition coefficient (Wildman–Crippen LogP) is 6.16. The molecule has 0 fully saturated rings. The van der Waals surface area contributed by atoms with Gasteiger partial charge in [0.1, 0.15) is 5.82 Å². The van der Waals surface area contributed by atoms with Crippen molar-refractivity contribution in [1.29, 1.82) is 0 Å². The van der Waals surface area contributed by atoms with Crippen LogP contribution in [0.1, 0.15) is 27.6 Å². The average Bonchev–Trinajstić information content (AvgIpc) is 2.82. The number of carbonyl (C=O) groups excluding carboxylic acids is 2. The number of nitrogens with one attached hydrogen (secondary N) is 1. The van der Waals surface area contributed by atoms with Crippen molar-refractivity contribution in [3.63, 3.8) is 0 Å². The van der Waals surface area contributed by atoms with E-state index in [1.165, 1.54) is 49.6 Å². The molecule has 36 heavy (non-hydrogen) atoms. The van der Waals surface area contributed by atoms with Crippen molar-refractivity contribution in [1.82, 2.24) is 10.3 Å². The third-order valence-electron chi connectivity index (χ3n) is 4.90.